The average molecular weight is 629 g/mol. The molecular weight excluding hydrogens is 584 g/mol. The lowest BCUT2D eigenvalue weighted by Gasteiger charge is -2.50. The van der Waals surface area contributed by atoms with Crippen LogP contribution in [0.3, 0.4) is 0 Å². The summed E-state index contributed by atoms with van der Waals surface area (Å²) in [4.78, 5) is 0. The number of ether oxygens (including phenoxy) is 2. The molecule has 0 aromatic heterocycles. The predicted molar refractivity (Wildman–Crippen MR) is 181 cm³/mol. The fourth-order valence-corrected chi connectivity index (χ4v) is 11.1. The summed E-state index contributed by atoms with van der Waals surface area (Å²) < 4.78 is 43.2. The summed E-state index contributed by atoms with van der Waals surface area (Å²) in [5.41, 5.74) is 0.962. The van der Waals surface area contributed by atoms with Gasteiger partial charge in [0.15, 0.2) is 8.32 Å². The summed E-state index contributed by atoms with van der Waals surface area (Å²) in [7, 11) is -5.60. The summed E-state index contributed by atoms with van der Waals surface area (Å²) in [5, 5.41) is 3.18. The number of hydrogen-bond donors (Lipinski definition) is 0. The van der Waals surface area contributed by atoms with Crippen molar-refractivity contribution in [3.63, 3.8) is 0 Å². The zero-order valence-corrected chi connectivity index (χ0v) is 28.7. The van der Waals surface area contributed by atoms with E-state index in [0.717, 1.165) is 21.1 Å². The second kappa shape index (κ2) is 13.6. The molecule has 0 radical (unpaired) electrons. The van der Waals surface area contributed by atoms with Gasteiger partial charge in [-0.05, 0) is 46.2 Å². The Hall–Kier alpha value is -2.92. The van der Waals surface area contributed by atoms with Crippen LogP contribution in [0.15, 0.2) is 121 Å². The van der Waals surface area contributed by atoms with Crippen LogP contribution >= 0.6 is 0 Å². The smallest absolute Gasteiger partial charge is 0.288 e. The van der Waals surface area contributed by atoms with Crippen LogP contribution in [0.4, 0.5) is 4.39 Å². The van der Waals surface area contributed by atoms with Crippen molar-refractivity contribution in [2.45, 2.75) is 83.2 Å². The molecule has 1 heterocycles. The summed E-state index contributed by atoms with van der Waals surface area (Å²) >= 11 is 0. The van der Waals surface area contributed by atoms with Crippen LogP contribution < -0.4 is 15.6 Å². The molecule has 232 valence electrons. The van der Waals surface area contributed by atoms with Gasteiger partial charge in [-0.15, -0.1) is 0 Å². The first-order valence-electron chi connectivity index (χ1n) is 15.5. The Bertz CT molecular complexity index is 1350. The third-order valence-corrected chi connectivity index (χ3v) is 17.6. The maximum absolute atomic E-state index is 16.0. The highest BCUT2D eigenvalue weighted by atomic mass is 28.4. The largest absolute Gasteiger partial charge is 0.408 e. The van der Waals surface area contributed by atoms with Gasteiger partial charge in [0.1, 0.15) is 12.2 Å². The molecule has 1 aliphatic rings. The van der Waals surface area contributed by atoms with Crippen LogP contribution in [-0.4, -0.2) is 47.4 Å². The molecule has 0 aliphatic carbocycles. The minimum absolute atomic E-state index is 0.109. The molecule has 4 aromatic rings. The number of halogens is 1. The van der Waals surface area contributed by atoms with E-state index in [1.807, 2.05) is 55.5 Å². The van der Waals surface area contributed by atoms with Crippen molar-refractivity contribution in [1.29, 1.82) is 0 Å². The van der Waals surface area contributed by atoms with Crippen molar-refractivity contribution >= 4 is 32.2 Å². The summed E-state index contributed by atoms with van der Waals surface area (Å²) in [6, 6.07) is 41.1. The van der Waals surface area contributed by atoms with Crippen molar-refractivity contribution in [1.82, 2.24) is 0 Å². The highest BCUT2D eigenvalue weighted by molar-refractivity contribution is 7.07. The maximum Gasteiger partial charge on any atom is 0.288 e. The molecular formula is C37H45FO4Si2. The zero-order chi connectivity index (χ0) is 31.4. The van der Waals surface area contributed by atoms with Crippen LogP contribution in [-0.2, 0) is 24.9 Å². The van der Waals surface area contributed by atoms with Gasteiger partial charge in [-0.1, -0.05) is 142 Å². The van der Waals surface area contributed by atoms with E-state index < -0.39 is 47.4 Å². The first kappa shape index (κ1) is 32.5. The number of rotatable bonds is 10. The zero-order valence-electron chi connectivity index (χ0n) is 26.7. The van der Waals surface area contributed by atoms with Gasteiger partial charge in [-0.2, -0.15) is 0 Å². The van der Waals surface area contributed by atoms with Crippen molar-refractivity contribution in [3.05, 3.63) is 127 Å². The molecule has 5 atom stereocenters. The molecule has 1 fully saturated rings. The summed E-state index contributed by atoms with van der Waals surface area (Å²) in [6.45, 7) is 13.1. The Balaban J connectivity index is 1.65. The Morgan fingerprint density at radius 3 is 1.50 bits per heavy atom. The van der Waals surface area contributed by atoms with Crippen LogP contribution in [0, 0.1) is 0 Å². The van der Waals surface area contributed by atoms with E-state index in [1.54, 1.807) is 0 Å². The van der Waals surface area contributed by atoms with Crippen LogP contribution in [0.1, 0.15) is 33.3 Å². The Kier molecular flexibility index (Phi) is 10.0. The molecule has 1 saturated heterocycles. The summed E-state index contributed by atoms with van der Waals surface area (Å²) in [5.74, 6) is 0. The molecule has 4 nitrogen and oxygen atoms in total. The third-order valence-electron chi connectivity index (χ3n) is 9.09. The van der Waals surface area contributed by atoms with Crippen LogP contribution in [0.5, 0.6) is 0 Å². The predicted octanol–water partition coefficient (Wildman–Crippen LogP) is 6.73. The van der Waals surface area contributed by atoms with E-state index in [2.05, 4.69) is 107 Å². The Labute approximate surface area is 264 Å². The van der Waals surface area contributed by atoms with E-state index in [0.29, 0.717) is 0 Å². The second-order valence-corrected chi connectivity index (χ2v) is 21.2. The summed E-state index contributed by atoms with van der Waals surface area (Å²) in [6.07, 6.45) is -4.52. The highest BCUT2D eigenvalue weighted by Gasteiger charge is 2.55. The van der Waals surface area contributed by atoms with Crippen LogP contribution in [0.25, 0.3) is 0 Å². The second-order valence-electron chi connectivity index (χ2n) is 13.2. The molecule has 0 unspecified atom stereocenters. The minimum Gasteiger partial charge on any atom is -0.408 e. The molecule has 0 spiro atoms. The Morgan fingerprint density at radius 2 is 1.07 bits per heavy atom. The SMILES string of the molecule is C[C@@H]1O[C@H](F)[C@H](OCc2ccccc2)[C@H](O[Si](C)(C)C(C)(C)C)[C@H]1O[Si](c1ccccc1)(c1ccccc1)c1ccccc1. The fraction of sp³-hybridized carbons (Fsp3) is 0.351. The Morgan fingerprint density at radius 1 is 0.636 bits per heavy atom. The van der Waals surface area contributed by atoms with Gasteiger partial charge in [0.25, 0.3) is 8.32 Å². The fourth-order valence-electron chi connectivity index (χ4n) is 5.64. The van der Waals surface area contributed by atoms with Crippen molar-refractivity contribution in [2.75, 3.05) is 0 Å². The topological polar surface area (TPSA) is 36.9 Å². The average Bonchev–Trinajstić information content (AvgIpc) is 3.02. The molecule has 0 bridgehead atoms. The third kappa shape index (κ3) is 6.83. The van der Waals surface area contributed by atoms with Crippen molar-refractivity contribution in [3.8, 4) is 0 Å². The molecule has 0 N–H and O–H groups in total. The van der Waals surface area contributed by atoms with Gasteiger partial charge in [0.2, 0.25) is 6.36 Å². The molecule has 1 aliphatic heterocycles. The molecule has 0 saturated carbocycles. The normalized spacial score (nSPS) is 22.9. The van der Waals surface area contributed by atoms with E-state index in [1.165, 1.54) is 0 Å². The monoisotopic (exact) mass is 628 g/mol. The highest BCUT2D eigenvalue weighted by Crippen LogP contribution is 2.41. The first-order chi connectivity index (χ1) is 21.0. The molecule has 7 heteroatoms. The number of hydrogen-bond acceptors (Lipinski definition) is 4. The van der Waals surface area contributed by atoms with E-state index >= 15 is 4.39 Å². The lowest BCUT2D eigenvalue weighted by Crippen LogP contribution is -2.74. The van der Waals surface area contributed by atoms with Crippen LogP contribution in [0.2, 0.25) is 18.1 Å². The standard InChI is InChI=1S/C37H45FO4Si2/c1-28-33(34(41-43(5,6)37(2,3)4)35(36(38)40-28)39-27-29-19-11-7-12-20-29)42-44(30-21-13-8-14-22-30,31-23-15-9-16-24-31)32-25-17-10-18-26-32/h7-26,28,33-36H,27H2,1-6H3/t28-,33-,34+,35+,36-/m0/s1. The maximum atomic E-state index is 16.0. The molecule has 5 rings (SSSR count). The first-order valence-corrected chi connectivity index (χ1v) is 20.3. The van der Waals surface area contributed by atoms with Gasteiger partial charge in [-0.25, -0.2) is 4.39 Å². The number of alkyl halides is 1. The molecule has 4 aromatic carbocycles. The van der Waals surface area contributed by atoms with Gasteiger partial charge in [-0.3, -0.25) is 0 Å². The van der Waals surface area contributed by atoms with Gasteiger partial charge < -0.3 is 18.3 Å². The van der Waals surface area contributed by atoms with E-state index in [9.17, 15) is 0 Å². The van der Waals surface area contributed by atoms with Crippen molar-refractivity contribution in [2.24, 2.45) is 0 Å². The minimum atomic E-state index is -3.18. The lowest BCUT2D eigenvalue weighted by atomic mass is 10.0. The number of benzene rings is 4. The lowest BCUT2D eigenvalue weighted by molar-refractivity contribution is -0.259. The van der Waals surface area contributed by atoms with E-state index in [-0.39, 0.29) is 11.6 Å². The quantitative estimate of drug-likeness (QED) is 0.144. The molecule has 0 amide bonds. The van der Waals surface area contributed by atoms with Crippen molar-refractivity contribution < 1.29 is 22.7 Å². The van der Waals surface area contributed by atoms with Gasteiger partial charge in [0.05, 0.1) is 18.8 Å². The van der Waals surface area contributed by atoms with Gasteiger partial charge in [0, 0.05) is 0 Å². The molecule has 44 heavy (non-hydrogen) atoms. The van der Waals surface area contributed by atoms with E-state index in [4.69, 9.17) is 18.3 Å². The van der Waals surface area contributed by atoms with Gasteiger partial charge >= 0.3 is 0 Å².